The summed E-state index contributed by atoms with van der Waals surface area (Å²) in [5.74, 6) is -0.378. The number of morpholine rings is 1. The Morgan fingerprint density at radius 1 is 1.47 bits per heavy atom. The van der Waals surface area contributed by atoms with Crippen molar-refractivity contribution >= 4 is 11.9 Å². The highest BCUT2D eigenvalue weighted by Gasteiger charge is 2.29. The summed E-state index contributed by atoms with van der Waals surface area (Å²) in [6.45, 7) is 5.55. The van der Waals surface area contributed by atoms with Crippen LogP contribution in [0.5, 0.6) is 0 Å². The first-order valence-electron chi connectivity index (χ1n) is 6.76. The summed E-state index contributed by atoms with van der Waals surface area (Å²) < 4.78 is 5.10. The van der Waals surface area contributed by atoms with Crippen LogP contribution in [-0.4, -0.2) is 54.2 Å². The molecule has 19 heavy (non-hydrogen) atoms. The number of hydrogen-bond donors (Lipinski definition) is 2. The maximum atomic E-state index is 12.1. The van der Waals surface area contributed by atoms with Gasteiger partial charge in [-0.25, -0.2) is 4.79 Å². The summed E-state index contributed by atoms with van der Waals surface area (Å²) in [4.78, 5) is 24.6. The molecule has 0 aromatic rings. The van der Waals surface area contributed by atoms with Crippen LogP contribution in [0.25, 0.3) is 0 Å². The first-order valence-corrected chi connectivity index (χ1v) is 6.76. The SMILES string of the molecule is CC(C)CC(CN)CC(=O)N1CCOC(C(=O)O)C1. The lowest BCUT2D eigenvalue weighted by atomic mass is 9.93. The first-order chi connectivity index (χ1) is 8.93. The average Bonchev–Trinajstić information content (AvgIpc) is 2.37. The number of nitrogens with two attached hydrogens (primary N) is 1. The molecule has 0 spiro atoms. The van der Waals surface area contributed by atoms with E-state index in [0.29, 0.717) is 25.4 Å². The Labute approximate surface area is 113 Å². The van der Waals surface area contributed by atoms with Crippen molar-refractivity contribution in [3.05, 3.63) is 0 Å². The Morgan fingerprint density at radius 2 is 2.16 bits per heavy atom. The highest BCUT2D eigenvalue weighted by molar-refractivity contribution is 5.78. The molecule has 6 heteroatoms. The lowest BCUT2D eigenvalue weighted by Gasteiger charge is -2.32. The molecule has 1 saturated heterocycles. The number of rotatable bonds is 6. The van der Waals surface area contributed by atoms with E-state index in [9.17, 15) is 9.59 Å². The zero-order valence-electron chi connectivity index (χ0n) is 11.7. The number of carboxylic acid groups (broad SMARTS) is 1. The largest absolute Gasteiger partial charge is 0.479 e. The standard InChI is InChI=1S/C13H24N2O4/c1-9(2)5-10(7-14)6-12(16)15-3-4-19-11(8-15)13(17)18/h9-11H,3-8,14H2,1-2H3,(H,17,18). The Hall–Kier alpha value is -1.14. The molecule has 1 rings (SSSR count). The number of hydrogen-bond acceptors (Lipinski definition) is 4. The van der Waals surface area contributed by atoms with Gasteiger partial charge in [0.05, 0.1) is 13.2 Å². The molecule has 1 aliphatic rings. The van der Waals surface area contributed by atoms with E-state index >= 15 is 0 Å². The number of carbonyl (C=O) groups excluding carboxylic acids is 1. The van der Waals surface area contributed by atoms with E-state index in [1.807, 2.05) is 0 Å². The van der Waals surface area contributed by atoms with E-state index in [-0.39, 0.29) is 25.0 Å². The molecule has 1 amide bonds. The van der Waals surface area contributed by atoms with Gasteiger partial charge in [0.1, 0.15) is 0 Å². The number of carbonyl (C=O) groups is 2. The van der Waals surface area contributed by atoms with Crippen LogP contribution in [0.15, 0.2) is 0 Å². The quantitative estimate of drug-likeness (QED) is 0.726. The van der Waals surface area contributed by atoms with Gasteiger partial charge in [0.15, 0.2) is 6.10 Å². The molecule has 6 nitrogen and oxygen atoms in total. The van der Waals surface area contributed by atoms with E-state index in [1.165, 1.54) is 0 Å². The summed E-state index contributed by atoms with van der Waals surface area (Å²) in [6.07, 6.45) is 0.398. The fourth-order valence-electron chi connectivity index (χ4n) is 2.33. The molecule has 2 atom stereocenters. The number of nitrogens with zero attached hydrogens (tertiary/aromatic N) is 1. The molecular weight excluding hydrogens is 248 g/mol. The predicted octanol–water partition coefficient (Wildman–Crippen LogP) is 0.310. The Morgan fingerprint density at radius 3 is 2.68 bits per heavy atom. The van der Waals surface area contributed by atoms with Gasteiger partial charge in [0.25, 0.3) is 0 Å². The van der Waals surface area contributed by atoms with E-state index < -0.39 is 12.1 Å². The molecule has 0 aromatic carbocycles. The normalized spacial score (nSPS) is 21.5. The molecule has 0 aromatic heterocycles. The summed E-state index contributed by atoms with van der Waals surface area (Å²) in [5, 5.41) is 8.90. The second kappa shape index (κ2) is 7.45. The van der Waals surface area contributed by atoms with Gasteiger partial charge in [0, 0.05) is 13.0 Å². The van der Waals surface area contributed by atoms with Crippen molar-refractivity contribution in [2.24, 2.45) is 17.6 Å². The van der Waals surface area contributed by atoms with Gasteiger partial charge >= 0.3 is 5.97 Å². The third-order valence-corrected chi connectivity index (χ3v) is 3.30. The Balaban J connectivity index is 2.49. The van der Waals surface area contributed by atoms with Crippen molar-refractivity contribution in [1.29, 1.82) is 0 Å². The van der Waals surface area contributed by atoms with Crippen molar-refractivity contribution < 1.29 is 19.4 Å². The molecule has 0 saturated carbocycles. The maximum Gasteiger partial charge on any atom is 0.334 e. The maximum absolute atomic E-state index is 12.1. The van der Waals surface area contributed by atoms with Gasteiger partial charge in [-0.05, 0) is 24.8 Å². The molecule has 1 aliphatic heterocycles. The molecule has 110 valence electrons. The number of aliphatic carboxylic acids is 1. The minimum atomic E-state index is -1.02. The summed E-state index contributed by atoms with van der Waals surface area (Å²) in [7, 11) is 0. The predicted molar refractivity (Wildman–Crippen MR) is 70.6 cm³/mol. The third kappa shape index (κ3) is 5.16. The smallest absolute Gasteiger partial charge is 0.334 e. The molecule has 0 radical (unpaired) electrons. The lowest BCUT2D eigenvalue weighted by Crippen LogP contribution is -2.49. The highest BCUT2D eigenvalue weighted by Crippen LogP contribution is 2.17. The van der Waals surface area contributed by atoms with Crippen LogP contribution in [0, 0.1) is 11.8 Å². The van der Waals surface area contributed by atoms with Gasteiger partial charge in [-0.1, -0.05) is 13.8 Å². The second-order valence-corrected chi connectivity index (χ2v) is 5.47. The van der Waals surface area contributed by atoms with Crippen LogP contribution < -0.4 is 5.73 Å². The highest BCUT2D eigenvalue weighted by atomic mass is 16.5. The summed E-state index contributed by atoms with van der Waals surface area (Å²) in [6, 6.07) is 0. The van der Waals surface area contributed by atoms with E-state index in [2.05, 4.69) is 13.8 Å². The zero-order valence-corrected chi connectivity index (χ0v) is 11.7. The fraction of sp³-hybridized carbons (Fsp3) is 0.846. The topological polar surface area (TPSA) is 92.9 Å². The molecule has 0 bridgehead atoms. The van der Waals surface area contributed by atoms with Gasteiger partial charge in [-0.2, -0.15) is 0 Å². The van der Waals surface area contributed by atoms with Crippen LogP contribution in [0.1, 0.15) is 26.7 Å². The molecule has 2 unspecified atom stereocenters. The number of amides is 1. The van der Waals surface area contributed by atoms with Crippen molar-refractivity contribution in [3.8, 4) is 0 Å². The fourth-order valence-corrected chi connectivity index (χ4v) is 2.33. The summed E-state index contributed by atoms with van der Waals surface area (Å²) in [5.41, 5.74) is 5.68. The van der Waals surface area contributed by atoms with Gasteiger partial charge in [-0.3, -0.25) is 4.79 Å². The molecular formula is C13H24N2O4. The third-order valence-electron chi connectivity index (χ3n) is 3.30. The van der Waals surface area contributed by atoms with Crippen molar-refractivity contribution in [1.82, 2.24) is 4.90 Å². The van der Waals surface area contributed by atoms with Crippen LogP contribution in [0.4, 0.5) is 0 Å². The second-order valence-electron chi connectivity index (χ2n) is 5.47. The minimum absolute atomic E-state index is 0.0225. The Kier molecular flexibility index (Phi) is 6.24. The van der Waals surface area contributed by atoms with E-state index in [4.69, 9.17) is 15.6 Å². The van der Waals surface area contributed by atoms with Crippen molar-refractivity contribution in [2.45, 2.75) is 32.8 Å². The first kappa shape index (κ1) is 15.9. The van der Waals surface area contributed by atoms with Crippen LogP contribution >= 0.6 is 0 Å². The molecule has 3 N–H and O–H groups in total. The van der Waals surface area contributed by atoms with Gasteiger partial charge in [0.2, 0.25) is 5.91 Å². The zero-order chi connectivity index (χ0) is 14.4. The average molecular weight is 272 g/mol. The van der Waals surface area contributed by atoms with E-state index in [0.717, 1.165) is 6.42 Å². The van der Waals surface area contributed by atoms with E-state index in [1.54, 1.807) is 4.90 Å². The number of ether oxygens (including phenoxy) is 1. The van der Waals surface area contributed by atoms with Gasteiger partial charge < -0.3 is 20.5 Å². The molecule has 1 fully saturated rings. The van der Waals surface area contributed by atoms with Crippen molar-refractivity contribution in [2.75, 3.05) is 26.2 Å². The van der Waals surface area contributed by atoms with Crippen LogP contribution in [-0.2, 0) is 14.3 Å². The van der Waals surface area contributed by atoms with Gasteiger partial charge in [-0.15, -0.1) is 0 Å². The summed E-state index contributed by atoms with van der Waals surface area (Å²) >= 11 is 0. The number of carboxylic acids is 1. The Bertz CT molecular complexity index is 320. The molecule has 0 aliphatic carbocycles. The van der Waals surface area contributed by atoms with Crippen molar-refractivity contribution in [3.63, 3.8) is 0 Å². The lowest BCUT2D eigenvalue weighted by molar-refractivity contribution is -0.159. The monoisotopic (exact) mass is 272 g/mol. The van der Waals surface area contributed by atoms with Crippen LogP contribution in [0.3, 0.4) is 0 Å². The molecule has 1 heterocycles. The minimum Gasteiger partial charge on any atom is -0.479 e. The van der Waals surface area contributed by atoms with Crippen LogP contribution in [0.2, 0.25) is 0 Å².